The maximum Gasteiger partial charge on any atom is 0.331 e. The van der Waals surface area contributed by atoms with E-state index in [4.69, 9.17) is 14.2 Å². The first-order valence-corrected chi connectivity index (χ1v) is 12.6. The molecule has 0 saturated carbocycles. The van der Waals surface area contributed by atoms with Crippen molar-refractivity contribution in [2.75, 3.05) is 6.61 Å². The zero-order valence-electron chi connectivity index (χ0n) is 21.8. The van der Waals surface area contributed by atoms with Crippen molar-refractivity contribution < 1.29 is 59.5 Å². The second-order valence-electron chi connectivity index (χ2n) is 9.28. The highest BCUT2D eigenvalue weighted by Gasteiger charge is 2.47. The van der Waals surface area contributed by atoms with E-state index in [2.05, 4.69) is 0 Å². The first kappa shape index (κ1) is 30.1. The van der Waals surface area contributed by atoms with E-state index in [1.165, 1.54) is 36.4 Å². The van der Waals surface area contributed by atoms with Gasteiger partial charge in [0.2, 0.25) is 6.29 Å². The lowest BCUT2D eigenvalue weighted by atomic mass is 9.99. The summed E-state index contributed by atoms with van der Waals surface area (Å²) in [6.07, 6.45) is -2.35. The summed E-state index contributed by atoms with van der Waals surface area (Å²) in [4.78, 5) is 24.7. The fourth-order valence-electron chi connectivity index (χ4n) is 4.12. The number of aliphatic hydroxyl groups is 3. The number of allylic oxidation sites excluding steroid dienone is 1. The lowest BCUT2D eigenvalue weighted by molar-refractivity contribution is -0.280. The van der Waals surface area contributed by atoms with Crippen LogP contribution >= 0.6 is 0 Å². The van der Waals surface area contributed by atoms with Crippen LogP contribution in [0.5, 0.6) is 28.7 Å². The molecule has 220 valence electrons. The molecule has 0 aliphatic carbocycles. The molecule has 1 saturated heterocycles. The summed E-state index contributed by atoms with van der Waals surface area (Å²) in [7, 11) is 0. The van der Waals surface area contributed by atoms with E-state index in [0.29, 0.717) is 11.1 Å². The highest BCUT2D eigenvalue weighted by molar-refractivity contribution is 6.10. The maximum atomic E-state index is 12.4. The molecule has 5 atom stereocenters. The number of hydrogen-bond donors (Lipinski definition) is 7. The van der Waals surface area contributed by atoms with Gasteiger partial charge in [-0.25, -0.2) is 4.79 Å². The van der Waals surface area contributed by atoms with Gasteiger partial charge in [0, 0.05) is 18.2 Å². The lowest BCUT2D eigenvalue weighted by Gasteiger charge is -2.41. The van der Waals surface area contributed by atoms with Crippen LogP contribution in [-0.2, 0) is 14.3 Å². The van der Waals surface area contributed by atoms with Gasteiger partial charge in [0.25, 0.3) is 0 Å². The summed E-state index contributed by atoms with van der Waals surface area (Å²) < 4.78 is 16.4. The van der Waals surface area contributed by atoms with E-state index < -0.39 is 66.3 Å². The van der Waals surface area contributed by atoms with Gasteiger partial charge < -0.3 is 50.0 Å². The molecule has 12 heteroatoms. The Morgan fingerprint density at radius 3 is 1.95 bits per heavy atom. The molecule has 7 N–H and O–H groups in total. The van der Waals surface area contributed by atoms with Crippen molar-refractivity contribution in [2.45, 2.75) is 30.7 Å². The third kappa shape index (κ3) is 7.25. The van der Waals surface area contributed by atoms with Gasteiger partial charge in [0.05, 0.1) is 6.61 Å². The largest absolute Gasteiger partial charge is 0.508 e. The molecule has 1 aliphatic rings. The van der Waals surface area contributed by atoms with Crippen LogP contribution in [0, 0.1) is 0 Å². The van der Waals surface area contributed by atoms with Crippen LogP contribution in [0.1, 0.15) is 21.5 Å². The minimum absolute atomic E-state index is 0.0591. The number of esters is 1. The van der Waals surface area contributed by atoms with Crippen molar-refractivity contribution in [1.82, 2.24) is 0 Å². The molecule has 4 rings (SSSR count). The SMILES string of the molecule is O=C(/C=C/c1ccc(O)cc1)O[C@H]1[C@H](O)[C@@H](O)[C@H](Oc2ccc(/C=C/C(=O)c3c(O)cc(O)cc3O)cc2)O[C@@H]1CO. The molecule has 3 aromatic carbocycles. The summed E-state index contributed by atoms with van der Waals surface area (Å²) in [6, 6.07) is 13.9. The van der Waals surface area contributed by atoms with Gasteiger partial charge in [-0.05, 0) is 47.5 Å². The van der Waals surface area contributed by atoms with Crippen molar-refractivity contribution in [3.8, 4) is 28.7 Å². The van der Waals surface area contributed by atoms with Crippen LogP contribution in [0.25, 0.3) is 12.2 Å². The van der Waals surface area contributed by atoms with Gasteiger partial charge in [-0.15, -0.1) is 0 Å². The van der Waals surface area contributed by atoms with Crippen LogP contribution in [0.15, 0.2) is 72.8 Å². The number of carbonyl (C=O) groups is 2. The molecular weight excluding hydrogens is 552 g/mol. The molecule has 0 unspecified atom stereocenters. The monoisotopic (exact) mass is 580 g/mol. The number of hydrogen-bond acceptors (Lipinski definition) is 12. The van der Waals surface area contributed by atoms with Crippen LogP contribution < -0.4 is 4.74 Å². The van der Waals surface area contributed by atoms with Crippen LogP contribution in [0.3, 0.4) is 0 Å². The Kier molecular flexibility index (Phi) is 9.45. The van der Waals surface area contributed by atoms with E-state index in [0.717, 1.165) is 24.3 Å². The zero-order chi connectivity index (χ0) is 30.4. The first-order valence-electron chi connectivity index (χ1n) is 12.6. The molecule has 0 radical (unpaired) electrons. The average Bonchev–Trinajstić information content (AvgIpc) is 2.95. The number of benzene rings is 3. The summed E-state index contributed by atoms with van der Waals surface area (Å²) in [5.41, 5.74) is 0.752. The molecule has 1 heterocycles. The van der Waals surface area contributed by atoms with Gasteiger partial charge in [0.1, 0.15) is 52.6 Å². The van der Waals surface area contributed by atoms with Crippen molar-refractivity contribution in [3.63, 3.8) is 0 Å². The fraction of sp³-hybridized carbons (Fsp3) is 0.200. The smallest absolute Gasteiger partial charge is 0.331 e. The van der Waals surface area contributed by atoms with Crippen molar-refractivity contribution in [2.24, 2.45) is 0 Å². The number of phenolic OH excluding ortho intramolecular Hbond substituents is 4. The third-order valence-electron chi connectivity index (χ3n) is 6.27. The Hall–Kier alpha value is -4.88. The average molecular weight is 581 g/mol. The topological polar surface area (TPSA) is 203 Å². The summed E-state index contributed by atoms with van der Waals surface area (Å²) in [5.74, 6) is -2.87. The molecule has 0 amide bonds. The quantitative estimate of drug-likeness (QED) is 0.110. The van der Waals surface area contributed by atoms with Crippen LogP contribution in [0.4, 0.5) is 0 Å². The number of rotatable bonds is 9. The predicted octanol–water partition coefficient (Wildman–Crippen LogP) is 1.85. The number of aliphatic hydroxyl groups excluding tert-OH is 3. The van der Waals surface area contributed by atoms with E-state index in [-0.39, 0.29) is 17.1 Å². The highest BCUT2D eigenvalue weighted by Crippen LogP contribution is 2.32. The lowest BCUT2D eigenvalue weighted by Crippen LogP contribution is -2.61. The Morgan fingerprint density at radius 2 is 1.36 bits per heavy atom. The molecule has 0 aromatic heterocycles. The van der Waals surface area contributed by atoms with Crippen molar-refractivity contribution >= 4 is 23.9 Å². The van der Waals surface area contributed by atoms with E-state index >= 15 is 0 Å². The molecule has 1 aliphatic heterocycles. The molecule has 0 spiro atoms. The molecule has 12 nitrogen and oxygen atoms in total. The van der Waals surface area contributed by atoms with Gasteiger partial charge >= 0.3 is 5.97 Å². The van der Waals surface area contributed by atoms with Gasteiger partial charge in [-0.2, -0.15) is 0 Å². The Morgan fingerprint density at radius 1 is 0.786 bits per heavy atom. The second-order valence-corrected chi connectivity index (χ2v) is 9.28. The predicted molar refractivity (Wildman–Crippen MR) is 147 cm³/mol. The molecular formula is C30H28O12. The Balaban J connectivity index is 1.36. The number of ketones is 1. The van der Waals surface area contributed by atoms with Crippen LogP contribution in [-0.4, -0.2) is 84.8 Å². The number of aromatic hydroxyl groups is 4. The second kappa shape index (κ2) is 13.2. The van der Waals surface area contributed by atoms with E-state index in [1.807, 2.05) is 0 Å². The van der Waals surface area contributed by atoms with Gasteiger partial charge in [0.15, 0.2) is 11.9 Å². The Bertz CT molecular complexity index is 1440. The van der Waals surface area contributed by atoms with E-state index in [1.54, 1.807) is 24.3 Å². The summed E-state index contributed by atoms with van der Waals surface area (Å²) >= 11 is 0. The summed E-state index contributed by atoms with van der Waals surface area (Å²) in [5, 5.41) is 69.4. The number of carbonyl (C=O) groups excluding carboxylic acids is 2. The standard InChI is InChI=1S/C30H28O12/c31-15-24-29(42-25(37)12-6-16-1-7-18(32)8-2-16)27(38)28(39)30(41-24)40-20-9-3-17(4-10-20)5-11-21(34)26-22(35)13-19(33)14-23(26)36/h1-14,24,27-33,35-36,38-39H,15H2/b11-5+,12-6+/t24-,27-,28-,29-,30-/m1/s1. The highest BCUT2D eigenvalue weighted by atomic mass is 16.7. The third-order valence-corrected chi connectivity index (χ3v) is 6.27. The van der Waals surface area contributed by atoms with Gasteiger partial charge in [-0.3, -0.25) is 4.79 Å². The summed E-state index contributed by atoms with van der Waals surface area (Å²) in [6.45, 7) is -0.660. The maximum absolute atomic E-state index is 12.4. The van der Waals surface area contributed by atoms with Gasteiger partial charge in [-0.1, -0.05) is 30.3 Å². The molecule has 1 fully saturated rings. The van der Waals surface area contributed by atoms with Crippen molar-refractivity contribution in [3.05, 3.63) is 89.5 Å². The van der Waals surface area contributed by atoms with Crippen LogP contribution in [0.2, 0.25) is 0 Å². The fourth-order valence-corrected chi connectivity index (χ4v) is 4.12. The molecule has 0 bridgehead atoms. The number of ether oxygens (including phenoxy) is 3. The Labute approximate surface area is 239 Å². The first-order chi connectivity index (χ1) is 20.0. The van der Waals surface area contributed by atoms with E-state index in [9.17, 15) is 45.3 Å². The normalized spacial score (nSPS) is 22.3. The van der Waals surface area contributed by atoms with Crippen molar-refractivity contribution in [1.29, 1.82) is 0 Å². The minimum atomic E-state index is -1.66. The zero-order valence-corrected chi connectivity index (χ0v) is 21.8. The minimum Gasteiger partial charge on any atom is -0.508 e. The molecule has 42 heavy (non-hydrogen) atoms. The molecule has 3 aromatic rings. The number of phenols is 4.